The first kappa shape index (κ1) is 18.5. The van der Waals surface area contributed by atoms with Crippen LogP contribution in [0.2, 0.25) is 0 Å². The number of anilines is 1. The van der Waals surface area contributed by atoms with Crippen LogP contribution in [0.4, 0.5) is 10.2 Å². The fourth-order valence-electron chi connectivity index (χ4n) is 3.74. The van der Waals surface area contributed by atoms with Crippen LogP contribution in [0.5, 0.6) is 0 Å². The van der Waals surface area contributed by atoms with Crippen LogP contribution in [-0.2, 0) is 25.6 Å². The third-order valence-electron chi connectivity index (χ3n) is 5.17. The SMILES string of the molecule is Cn1c(SCc2nc(N)c3c4c(sc3n2)CCCC4)nnc1-c1ccccc1F. The van der Waals surface area contributed by atoms with Crippen LogP contribution in [0.3, 0.4) is 0 Å². The van der Waals surface area contributed by atoms with Crippen molar-refractivity contribution in [3.05, 3.63) is 46.3 Å². The Balaban J connectivity index is 1.41. The van der Waals surface area contributed by atoms with Crippen LogP contribution in [0.25, 0.3) is 21.6 Å². The highest BCUT2D eigenvalue weighted by Crippen LogP contribution is 2.38. The van der Waals surface area contributed by atoms with Crippen molar-refractivity contribution in [2.45, 2.75) is 36.6 Å². The second kappa shape index (κ2) is 7.38. The molecule has 2 N–H and O–H groups in total. The van der Waals surface area contributed by atoms with Crippen molar-refractivity contribution in [3.63, 3.8) is 0 Å². The van der Waals surface area contributed by atoms with Crippen molar-refractivity contribution < 1.29 is 4.39 Å². The summed E-state index contributed by atoms with van der Waals surface area (Å²) in [5.41, 5.74) is 8.07. The lowest BCUT2D eigenvalue weighted by molar-refractivity contribution is 0.628. The highest BCUT2D eigenvalue weighted by atomic mass is 32.2. The molecule has 5 rings (SSSR count). The lowest BCUT2D eigenvalue weighted by Gasteiger charge is -2.10. The van der Waals surface area contributed by atoms with E-state index in [1.54, 1.807) is 34.1 Å². The molecule has 0 spiro atoms. The lowest BCUT2D eigenvalue weighted by atomic mass is 9.97. The summed E-state index contributed by atoms with van der Waals surface area (Å²) in [4.78, 5) is 11.7. The summed E-state index contributed by atoms with van der Waals surface area (Å²) in [6, 6.07) is 6.56. The first-order valence-corrected chi connectivity index (χ1v) is 11.3. The number of benzene rings is 1. The Bertz CT molecular complexity index is 1220. The first-order valence-electron chi connectivity index (χ1n) is 9.45. The van der Waals surface area contributed by atoms with Crippen molar-refractivity contribution in [1.82, 2.24) is 24.7 Å². The summed E-state index contributed by atoms with van der Waals surface area (Å²) in [6.07, 6.45) is 4.60. The lowest BCUT2D eigenvalue weighted by Crippen LogP contribution is -2.03. The fourth-order valence-corrected chi connectivity index (χ4v) is 5.80. The van der Waals surface area contributed by atoms with E-state index in [0.29, 0.717) is 33.9 Å². The number of nitrogens with zero attached hydrogens (tertiary/aromatic N) is 5. The van der Waals surface area contributed by atoms with Crippen LogP contribution >= 0.6 is 23.1 Å². The van der Waals surface area contributed by atoms with Crippen LogP contribution in [0, 0.1) is 5.82 Å². The molecule has 0 saturated carbocycles. The Morgan fingerprint density at radius 3 is 2.86 bits per heavy atom. The number of hydrogen-bond acceptors (Lipinski definition) is 7. The number of thioether (sulfide) groups is 1. The topological polar surface area (TPSA) is 82.5 Å². The van der Waals surface area contributed by atoms with Crippen molar-refractivity contribution in [2.75, 3.05) is 5.73 Å². The number of halogens is 1. The molecule has 1 aliphatic rings. The van der Waals surface area contributed by atoms with Crippen molar-refractivity contribution in [3.8, 4) is 11.4 Å². The highest BCUT2D eigenvalue weighted by Gasteiger charge is 2.20. The Labute approximate surface area is 175 Å². The van der Waals surface area contributed by atoms with E-state index in [1.165, 1.54) is 41.1 Å². The molecule has 1 aliphatic carbocycles. The zero-order valence-electron chi connectivity index (χ0n) is 15.9. The van der Waals surface area contributed by atoms with Gasteiger partial charge in [0.1, 0.15) is 22.3 Å². The number of fused-ring (bicyclic) bond motifs is 3. The van der Waals surface area contributed by atoms with Gasteiger partial charge in [-0.05, 0) is 43.4 Å². The molecule has 0 fully saturated rings. The van der Waals surface area contributed by atoms with E-state index >= 15 is 0 Å². The summed E-state index contributed by atoms with van der Waals surface area (Å²) in [5, 5.41) is 10.1. The molecule has 0 radical (unpaired) electrons. The third-order valence-corrected chi connectivity index (χ3v) is 7.37. The molecule has 1 aromatic carbocycles. The second-order valence-electron chi connectivity index (χ2n) is 7.05. The van der Waals surface area contributed by atoms with Gasteiger partial charge in [0.25, 0.3) is 0 Å². The van der Waals surface area contributed by atoms with E-state index in [-0.39, 0.29) is 5.82 Å². The van der Waals surface area contributed by atoms with Gasteiger partial charge < -0.3 is 10.3 Å². The van der Waals surface area contributed by atoms with E-state index in [1.807, 2.05) is 7.05 Å². The van der Waals surface area contributed by atoms with Gasteiger partial charge in [0.05, 0.1) is 16.7 Å². The van der Waals surface area contributed by atoms with Crippen LogP contribution in [-0.4, -0.2) is 24.7 Å². The van der Waals surface area contributed by atoms with E-state index in [9.17, 15) is 4.39 Å². The molecular formula is C20H19FN6S2. The molecular weight excluding hydrogens is 407 g/mol. The monoisotopic (exact) mass is 426 g/mol. The van der Waals surface area contributed by atoms with E-state index in [0.717, 1.165) is 23.1 Å². The molecule has 0 aliphatic heterocycles. The van der Waals surface area contributed by atoms with E-state index in [2.05, 4.69) is 15.2 Å². The van der Waals surface area contributed by atoms with Crippen molar-refractivity contribution >= 4 is 39.1 Å². The summed E-state index contributed by atoms with van der Waals surface area (Å²) in [6.45, 7) is 0. The van der Waals surface area contributed by atoms with Crippen molar-refractivity contribution in [1.29, 1.82) is 0 Å². The van der Waals surface area contributed by atoms with E-state index in [4.69, 9.17) is 10.7 Å². The number of thiophene rings is 1. The van der Waals surface area contributed by atoms with Gasteiger partial charge >= 0.3 is 0 Å². The maximum absolute atomic E-state index is 14.1. The molecule has 4 aromatic rings. The quantitative estimate of drug-likeness (QED) is 0.488. The largest absolute Gasteiger partial charge is 0.383 e. The van der Waals surface area contributed by atoms with Crippen molar-refractivity contribution in [2.24, 2.45) is 7.05 Å². The van der Waals surface area contributed by atoms with Gasteiger partial charge in [-0.1, -0.05) is 23.9 Å². The number of aromatic nitrogens is 5. The summed E-state index contributed by atoms with van der Waals surface area (Å²) in [5.74, 6) is 1.94. The Morgan fingerprint density at radius 1 is 1.17 bits per heavy atom. The first-order chi connectivity index (χ1) is 14.1. The standard InChI is InChI=1S/C20H19FN6S2/c1-27-18(11-6-2-4-8-13(11)21)25-26-20(27)28-10-15-23-17(22)16-12-7-3-5-9-14(12)29-19(16)24-15/h2,4,6,8H,3,5,7,9-10H2,1H3,(H2,22,23,24). The molecule has 6 nitrogen and oxygen atoms in total. The third kappa shape index (κ3) is 3.28. The number of aryl methyl sites for hydroxylation is 2. The average molecular weight is 427 g/mol. The molecule has 0 unspecified atom stereocenters. The smallest absolute Gasteiger partial charge is 0.191 e. The molecule has 3 heterocycles. The highest BCUT2D eigenvalue weighted by molar-refractivity contribution is 7.98. The maximum atomic E-state index is 14.1. The van der Waals surface area contributed by atoms with Gasteiger partial charge in [0.15, 0.2) is 11.0 Å². The molecule has 0 saturated heterocycles. The Hall–Kier alpha value is -2.52. The molecule has 29 heavy (non-hydrogen) atoms. The normalized spacial score (nSPS) is 13.7. The molecule has 0 atom stereocenters. The minimum atomic E-state index is -0.317. The Morgan fingerprint density at radius 2 is 2.00 bits per heavy atom. The molecule has 148 valence electrons. The van der Waals surface area contributed by atoms with Gasteiger partial charge in [-0.2, -0.15) is 0 Å². The number of nitrogens with two attached hydrogens (primary N) is 1. The van der Waals surface area contributed by atoms with Gasteiger partial charge in [0.2, 0.25) is 0 Å². The molecule has 9 heteroatoms. The zero-order chi connectivity index (χ0) is 20.0. The van der Waals surface area contributed by atoms with E-state index < -0.39 is 0 Å². The maximum Gasteiger partial charge on any atom is 0.191 e. The summed E-state index contributed by atoms with van der Waals surface area (Å²) >= 11 is 3.21. The Kier molecular flexibility index (Phi) is 4.71. The predicted octanol–water partition coefficient (Wildman–Crippen LogP) is 4.38. The minimum absolute atomic E-state index is 0.317. The van der Waals surface area contributed by atoms with Gasteiger partial charge in [-0.25, -0.2) is 14.4 Å². The zero-order valence-corrected chi connectivity index (χ0v) is 17.5. The predicted molar refractivity (Wildman–Crippen MR) is 114 cm³/mol. The number of nitrogen functional groups attached to an aromatic ring is 1. The van der Waals surface area contributed by atoms with Crippen LogP contribution < -0.4 is 5.73 Å². The molecule has 0 bridgehead atoms. The summed E-state index contributed by atoms with van der Waals surface area (Å²) < 4.78 is 15.9. The number of rotatable bonds is 4. The van der Waals surface area contributed by atoms with Gasteiger partial charge in [-0.15, -0.1) is 21.5 Å². The van der Waals surface area contributed by atoms with Crippen LogP contribution in [0.1, 0.15) is 29.1 Å². The fraction of sp³-hybridized carbons (Fsp3) is 0.300. The summed E-state index contributed by atoms with van der Waals surface area (Å²) in [7, 11) is 1.83. The number of hydrogen-bond donors (Lipinski definition) is 1. The van der Waals surface area contributed by atoms with Crippen LogP contribution in [0.15, 0.2) is 29.4 Å². The van der Waals surface area contributed by atoms with Gasteiger partial charge in [0, 0.05) is 11.9 Å². The average Bonchev–Trinajstić information content (AvgIpc) is 3.27. The van der Waals surface area contributed by atoms with Gasteiger partial charge in [-0.3, -0.25) is 0 Å². The minimum Gasteiger partial charge on any atom is -0.383 e. The molecule has 0 amide bonds. The second-order valence-corrected chi connectivity index (χ2v) is 9.08. The molecule has 3 aromatic heterocycles.